The molecule has 1 aliphatic heterocycles. The highest BCUT2D eigenvalue weighted by Crippen LogP contribution is 2.23. The van der Waals surface area contributed by atoms with Gasteiger partial charge in [0.1, 0.15) is 10.7 Å². The van der Waals surface area contributed by atoms with E-state index in [4.69, 9.17) is 0 Å². The van der Waals surface area contributed by atoms with E-state index in [0.29, 0.717) is 5.69 Å². The van der Waals surface area contributed by atoms with Crippen molar-refractivity contribution in [2.75, 3.05) is 13.1 Å². The van der Waals surface area contributed by atoms with Crippen LogP contribution in [0.15, 0.2) is 29.8 Å². The van der Waals surface area contributed by atoms with Crippen LogP contribution in [0, 0.1) is 5.92 Å². The highest BCUT2D eigenvalue weighted by Gasteiger charge is 2.23. The maximum absolute atomic E-state index is 12.4. The van der Waals surface area contributed by atoms with Gasteiger partial charge in [-0.25, -0.2) is 4.98 Å². The highest BCUT2D eigenvalue weighted by molar-refractivity contribution is 7.13. The van der Waals surface area contributed by atoms with Crippen LogP contribution in [0.4, 0.5) is 0 Å². The van der Waals surface area contributed by atoms with E-state index < -0.39 is 0 Å². The molecular formula is C15H17N3OS. The number of carbonyl (C=O) groups excluding carboxylic acids is 1. The monoisotopic (exact) mass is 287 g/mol. The third-order valence-electron chi connectivity index (χ3n) is 3.68. The molecule has 5 heteroatoms. The maximum Gasteiger partial charge on any atom is 0.273 e. The summed E-state index contributed by atoms with van der Waals surface area (Å²) >= 11 is 1.47. The number of hydrogen-bond donors (Lipinski definition) is 0. The van der Waals surface area contributed by atoms with Crippen LogP contribution in [0.2, 0.25) is 0 Å². The Hall–Kier alpha value is -1.75. The predicted molar refractivity (Wildman–Crippen MR) is 79.6 cm³/mol. The largest absolute Gasteiger partial charge is 0.337 e. The minimum atomic E-state index is 0.0512. The van der Waals surface area contributed by atoms with E-state index in [1.807, 2.05) is 28.5 Å². The summed E-state index contributed by atoms with van der Waals surface area (Å²) < 4.78 is 0. The van der Waals surface area contributed by atoms with Crippen LogP contribution in [-0.4, -0.2) is 33.9 Å². The first-order chi connectivity index (χ1) is 9.74. The molecule has 0 unspecified atom stereocenters. The molecule has 0 bridgehead atoms. The molecular weight excluding hydrogens is 270 g/mol. The first kappa shape index (κ1) is 13.2. The minimum Gasteiger partial charge on any atom is -0.337 e. The summed E-state index contributed by atoms with van der Waals surface area (Å²) in [5.41, 5.74) is 1.37. The van der Waals surface area contributed by atoms with Crippen molar-refractivity contribution in [1.82, 2.24) is 14.9 Å². The Kier molecular flexibility index (Phi) is 3.78. The standard InChI is InChI=1S/C15H17N3OS/c1-11-5-8-18(9-6-11)15(19)13-10-20-14(17-13)12-4-2-3-7-16-12/h2-4,7,10-11H,5-6,8-9H2,1H3. The number of likely N-dealkylation sites (tertiary alicyclic amines) is 1. The van der Waals surface area contributed by atoms with Crippen molar-refractivity contribution in [1.29, 1.82) is 0 Å². The molecule has 0 aromatic carbocycles. The second-order valence-corrected chi connectivity index (χ2v) is 6.09. The van der Waals surface area contributed by atoms with Crippen molar-refractivity contribution in [3.8, 4) is 10.7 Å². The third-order valence-corrected chi connectivity index (χ3v) is 4.54. The number of piperidine rings is 1. The molecule has 1 saturated heterocycles. The first-order valence-electron chi connectivity index (χ1n) is 6.90. The molecule has 0 radical (unpaired) electrons. The molecule has 20 heavy (non-hydrogen) atoms. The lowest BCUT2D eigenvalue weighted by molar-refractivity contribution is 0.0692. The number of nitrogens with zero attached hydrogens (tertiary/aromatic N) is 3. The SMILES string of the molecule is CC1CCN(C(=O)c2csc(-c3ccccn3)n2)CC1. The second kappa shape index (κ2) is 5.71. The summed E-state index contributed by atoms with van der Waals surface area (Å²) in [4.78, 5) is 23.0. The molecule has 1 aliphatic rings. The van der Waals surface area contributed by atoms with Crippen LogP contribution >= 0.6 is 11.3 Å². The summed E-state index contributed by atoms with van der Waals surface area (Å²) in [6.45, 7) is 3.93. The Morgan fingerprint density at radius 2 is 2.15 bits per heavy atom. The van der Waals surface area contributed by atoms with Crippen molar-refractivity contribution >= 4 is 17.2 Å². The minimum absolute atomic E-state index is 0.0512. The van der Waals surface area contributed by atoms with Crippen molar-refractivity contribution < 1.29 is 4.79 Å². The Morgan fingerprint density at radius 1 is 1.35 bits per heavy atom. The molecule has 1 amide bonds. The van der Waals surface area contributed by atoms with E-state index in [-0.39, 0.29) is 5.91 Å². The van der Waals surface area contributed by atoms with Gasteiger partial charge in [0, 0.05) is 24.7 Å². The summed E-state index contributed by atoms with van der Waals surface area (Å²) in [6, 6.07) is 5.71. The Bertz CT molecular complexity index is 588. The Labute approximate surface area is 122 Å². The van der Waals surface area contributed by atoms with Crippen LogP contribution in [0.3, 0.4) is 0 Å². The molecule has 0 aliphatic carbocycles. The second-order valence-electron chi connectivity index (χ2n) is 5.23. The third kappa shape index (κ3) is 2.72. The first-order valence-corrected chi connectivity index (χ1v) is 7.78. The maximum atomic E-state index is 12.4. The number of carbonyl (C=O) groups is 1. The Morgan fingerprint density at radius 3 is 2.85 bits per heavy atom. The fourth-order valence-electron chi connectivity index (χ4n) is 2.35. The van der Waals surface area contributed by atoms with Crippen molar-refractivity contribution in [3.05, 3.63) is 35.5 Å². The van der Waals surface area contributed by atoms with E-state index in [2.05, 4.69) is 16.9 Å². The zero-order valence-electron chi connectivity index (χ0n) is 11.5. The topological polar surface area (TPSA) is 46.1 Å². The van der Waals surface area contributed by atoms with E-state index in [1.165, 1.54) is 11.3 Å². The predicted octanol–water partition coefficient (Wildman–Crippen LogP) is 3.08. The lowest BCUT2D eigenvalue weighted by Gasteiger charge is -2.29. The zero-order chi connectivity index (χ0) is 13.9. The van der Waals surface area contributed by atoms with Crippen LogP contribution in [0.25, 0.3) is 10.7 Å². The van der Waals surface area contributed by atoms with Gasteiger partial charge in [-0.3, -0.25) is 9.78 Å². The number of rotatable bonds is 2. The zero-order valence-corrected chi connectivity index (χ0v) is 12.3. The molecule has 3 heterocycles. The van der Waals surface area contributed by atoms with Crippen molar-refractivity contribution in [3.63, 3.8) is 0 Å². The number of pyridine rings is 1. The fourth-order valence-corrected chi connectivity index (χ4v) is 3.12. The van der Waals surface area contributed by atoms with Gasteiger partial charge in [-0.15, -0.1) is 11.3 Å². The molecule has 2 aromatic heterocycles. The van der Waals surface area contributed by atoms with E-state index >= 15 is 0 Å². The molecule has 1 fully saturated rings. The number of aromatic nitrogens is 2. The van der Waals surface area contributed by atoms with Gasteiger partial charge in [0.15, 0.2) is 0 Å². The molecule has 104 valence electrons. The Balaban J connectivity index is 1.75. The number of hydrogen-bond acceptors (Lipinski definition) is 4. The molecule has 0 atom stereocenters. The molecule has 4 nitrogen and oxygen atoms in total. The molecule has 0 N–H and O–H groups in total. The molecule has 2 aromatic rings. The average Bonchev–Trinajstić information content (AvgIpc) is 2.98. The van der Waals surface area contributed by atoms with E-state index in [0.717, 1.165) is 42.6 Å². The molecule has 0 spiro atoms. The lowest BCUT2D eigenvalue weighted by Crippen LogP contribution is -2.38. The van der Waals surface area contributed by atoms with Gasteiger partial charge in [0.25, 0.3) is 5.91 Å². The summed E-state index contributed by atoms with van der Waals surface area (Å²) in [6.07, 6.45) is 3.91. The van der Waals surface area contributed by atoms with Crippen LogP contribution in [0.5, 0.6) is 0 Å². The molecule has 3 rings (SSSR count). The summed E-state index contributed by atoms with van der Waals surface area (Å²) in [5.74, 6) is 0.772. The summed E-state index contributed by atoms with van der Waals surface area (Å²) in [7, 11) is 0. The van der Waals surface area contributed by atoms with E-state index in [9.17, 15) is 4.79 Å². The van der Waals surface area contributed by atoms with Gasteiger partial charge in [-0.1, -0.05) is 13.0 Å². The van der Waals surface area contributed by atoms with Gasteiger partial charge in [-0.2, -0.15) is 0 Å². The smallest absolute Gasteiger partial charge is 0.273 e. The van der Waals surface area contributed by atoms with Gasteiger partial charge >= 0.3 is 0 Å². The average molecular weight is 287 g/mol. The summed E-state index contributed by atoms with van der Waals surface area (Å²) in [5, 5.41) is 2.64. The number of thiazole rings is 1. The van der Waals surface area contributed by atoms with Crippen molar-refractivity contribution in [2.24, 2.45) is 5.92 Å². The van der Waals surface area contributed by atoms with Gasteiger partial charge in [0.05, 0.1) is 5.69 Å². The van der Waals surface area contributed by atoms with Crippen molar-refractivity contribution in [2.45, 2.75) is 19.8 Å². The van der Waals surface area contributed by atoms with Crippen LogP contribution in [0.1, 0.15) is 30.3 Å². The van der Waals surface area contributed by atoms with Gasteiger partial charge in [0.2, 0.25) is 0 Å². The normalized spacial score (nSPS) is 16.4. The van der Waals surface area contributed by atoms with E-state index in [1.54, 1.807) is 6.20 Å². The highest BCUT2D eigenvalue weighted by atomic mass is 32.1. The fraction of sp³-hybridized carbons (Fsp3) is 0.400. The van der Waals surface area contributed by atoms with Crippen LogP contribution < -0.4 is 0 Å². The van der Waals surface area contributed by atoms with Gasteiger partial charge < -0.3 is 4.90 Å². The molecule has 0 saturated carbocycles. The van der Waals surface area contributed by atoms with Crippen LogP contribution in [-0.2, 0) is 0 Å². The lowest BCUT2D eigenvalue weighted by atomic mass is 9.99. The number of amides is 1. The van der Waals surface area contributed by atoms with Gasteiger partial charge in [-0.05, 0) is 30.9 Å². The quantitative estimate of drug-likeness (QED) is 0.852.